The summed E-state index contributed by atoms with van der Waals surface area (Å²) in [6, 6.07) is 17.7. The smallest absolute Gasteiger partial charge is 0.242 e. The molecule has 1 fully saturated rings. The second-order valence-corrected chi connectivity index (χ2v) is 9.80. The first kappa shape index (κ1) is 19.9. The quantitative estimate of drug-likeness (QED) is 0.753. The van der Waals surface area contributed by atoms with Gasteiger partial charge >= 0.3 is 0 Å². The molecule has 0 unspecified atom stereocenters. The van der Waals surface area contributed by atoms with Gasteiger partial charge in [-0.1, -0.05) is 48.5 Å². The summed E-state index contributed by atoms with van der Waals surface area (Å²) in [7, 11) is -3.37. The fourth-order valence-electron chi connectivity index (χ4n) is 4.21. The average molecular weight is 414 g/mol. The first-order valence-corrected chi connectivity index (χ1v) is 11.7. The summed E-state index contributed by atoms with van der Waals surface area (Å²) in [4.78, 5) is 16.8. The Hall–Kier alpha value is -2.38. The van der Waals surface area contributed by atoms with Crippen molar-refractivity contribution in [3.8, 4) is 0 Å². The minimum atomic E-state index is -3.37. The lowest BCUT2D eigenvalue weighted by Crippen LogP contribution is -2.53. The molecule has 2 aromatic carbocycles. The van der Waals surface area contributed by atoms with Crippen LogP contribution in [0.5, 0.6) is 0 Å². The Morgan fingerprint density at radius 1 is 0.966 bits per heavy atom. The highest BCUT2D eigenvalue weighted by Gasteiger charge is 2.32. The van der Waals surface area contributed by atoms with Crippen LogP contribution in [-0.4, -0.2) is 62.3 Å². The van der Waals surface area contributed by atoms with E-state index < -0.39 is 10.0 Å². The van der Waals surface area contributed by atoms with E-state index in [1.807, 2.05) is 42.5 Å². The molecule has 2 heterocycles. The average Bonchev–Trinajstić information content (AvgIpc) is 3.04. The third-order valence-electron chi connectivity index (χ3n) is 5.83. The second-order valence-electron chi connectivity index (χ2n) is 7.83. The number of amides is 1. The molecule has 0 N–H and O–H groups in total. The van der Waals surface area contributed by atoms with E-state index in [2.05, 4.69) is 24.0 Å². The predicted molar refractivity (Wildman–Crippen MR) is 114 cm³/mol. The molecule has 0 bridgehead atoms. The van der Waals surface area contributed by atoms with Gasteiger partial charge in [0, 0.05) is 37.9 Å². The normalized spacial score (nSPS) is 20.0. The van der Waals surface area contributed by atoms with Crippen LogP contribution in [0.2, 0.25) is 0 Å². The van der Waals surface area contributed by atoms with E-state index in [9.17, 15) is 13.2 Å². The number of carbonyl (C=O) groups excluding carboxylic acids is 1. The molecule has 4 rings (SSSR count). The topological polar surface area (TPSA) is 60.9 Å². The summed E-state index contributed by atoms with van der Waals surface area (Å²) in [5.74, 6) is 0.0674. The van der Waals surface area contributed by atoms with Gasteiger partial charge in [0.2, 0.25) is 15.9 Å². The number of nitrogens with zero attached hydrogens (tertiary/aromatic N) is 3. The standard InChI is InChI=1S/C22H27N3O3S/c1-18-15-20-9-5-6-10-21(20)25(18)16-22(26)23-11-13-24(14-12-23)29(27,28)17-19-7-3-2-4-8-19/h2-10,18H,11-17H2,1H3/t18-/m1/s1. The van der Waals surface area contributed by atoms with E-state index in [0.717, 1.165) is 17.7 Å². The SMILES string of the molecule is C[C@@H]1Cc2ccccc2N1CC(=O)N1CCN(S(=O)(=O)Cc2ccccc2)CC1. The van der Waals surface area contributed by atoms with Crippen molar-refractivity contribution in [2.75, 3.05) is 37.6 Å². The minimum absolute atomic E-state index is 0.00383. The Morgan fingerprint density at radius 3 is 2.34 bits per heavy atom. The van der Waals surface area contributed by atoms with Gasteiger partial charge in [-0.3, -0.25) is 4.79 Å². The first-order chi connectivity index (χ1) is 13.9. The van der Waals surface area contributed by atoms with E-state index in [-0.39, 0.29) is 11.7 Å². The molecule has 1 amide bonds. The number of para-hydroxylation sites is 1. The van der Waals surface area contributed by atoms with Crippen molar-refractivity contribution >= 4 is 21.6 Å². The molecule has 0 radical (unpaired) electrons. The number of sulfonamides is 1. The van der Waals surface area contributed by atoms with Gasteiger partial charge in [-0.15, -0.1) is 0 Å². The van der Waals surface area contributed by atoms with Crippen molar-refractivity contribution in [3.63, 3.8) is 0 Å². The zero-order valence-corrected chi connectivity index (χ0v) is 17.5. The van der Waals surface area contributed by atoms with Crippen LogP contribution >= 0.6 is 0 Å². The van der Waals surface area contributed by atoms with Crippen molar-refractivity contribution in [3.05, 3.63) is 65.7 Å². The van der Waals surface area contributed by atoms with E-state index in [1.165, 1.54) is 9.87 Å². The molecule has 0 saturated carbocycles. The highest BCUT2D eigenvalue weighted by molar-refractivity contribution is 7.88. The number of hydrogen-bond donors (Lipinski definition) is 0. The maximum atomic E-state index is 12.9. The predicted octanol–water partition coefficient (Wildman–Crippen LogP) is 2.11. The van der Waals surface area contributed by atoms with Gasteiger partial charge < -0.3 is 9.80 Å². The molecule has 29 heavy (non-hydrogen) atoms. The minimum Gasteiger partial charge on any atom is -0.359 e. The monoisotopic (exact) mass is 413 g/mol. The maximum Gasteiger partial charge on any atom is 0.242 e. The van der Waals surface area contributed by atoms with Crippen LogP contribution in [0.4, 0.5) is 5.69 Å². The van der Waals surface area contributed by atoms with E-state index >= 15 is 0 Å². The number of hydrogen-bond acceptors (Lipinski definition) is 4. The largest absolute Gasteiger partial charge is 0.359 e. The van der Waals surface area contributed by atoms with Gasteiger partial charge in [0.05, 0.1) is 12.3 Å². The van der Waals surface area contributed by atoms with Gasteiger partial charge in [-0.05, 0) is 30.5 Å². The molecule has 6 nitrogen and oxygen atoms in total. The Balaban J connectivity index is 1.34. The van der Waals surface area contributed by atoms with Gasteiger partial charge in [-0.2, -0.15) is 4.31 Å². The summed E-state index contributed by atoms with van der Waals surface area (Å²) < 4.78 is 26.9. The number of piperazine rings is 1. The molecule has 1 saturated heterocycles. The van der Waals surface area contributed by atoms with Crippen LogP contribution in [-0.2, 0) is 27.0 Å². The Kier molecular flexibility index (Phi) is 5.61. The van der Waals surface area contributed by atoms with Gasteiger partial charge in [-0.25, -0.2) is 8.42 Å². The van der Waals surface area contributed by atoms with Crippen molar-refractivity contribution in [1.82, 2.24) is 9.21 Å². The molecular weight excluding hydrogens is 386 g/mol. The van der Waals surface area contributed by atoms with Crippen molar-refractivity contribution in [1.29, 1.82) is 0 Å². The van der Waals surface area contributed by atoms with Crippen LogP contribution in [0.3, 0.4) is 0 Å². The lowest BCUT2D eigenvalue weighted by atomic mass is 10.1. The number of anilines is 1. The van der Waals surface area contributed by atoms with Crippen LogP contribution < -0.4 is 4.90 Å². The fraction of sp³-hybridized carbons (Fsp3) is 0.409. The molecule has 2 aliphatic heterocycles. The molecule has 0 spiro atoms. The Morgan fingerprint density at radius 2 is 1.62 bits per heavy atom. The van der Waals surface area contributed by atoms with Gasteiger partial charge in [0.1, 0.15) is 0 Å². The van der Waals surface area contributed by atoms with Crippen molar-refractivity contribution in [2.24, 2.45) is 0 Å². The maximum absolute atomic E-state index is 12.9. The summed E-state index contributed by atoms with van der Waals surface area (Å²) in [6.45, 7) is 4.07. The van der Waals surface area contributed by atoms with Crippen molar-refractivity contribution < 1.29 is 13.2 Å². The highest BCUT2D eigenvalue weighted by atomic mass is 32.2. The lowest BCUT2D eigenvalue weighted by molar-refractivity contribution is -0.130. The molecule has 7 heteroatoms. The second kappa shape index (κ2) is 8.16. The molecular formula is C22H27N3O3S. The summed E-state index contributed by atoms with van der Waals surface area (Å²) in [5.41, 5.74) is 3.20. The third kappa shape index (κ3) is 4.31. The molecule has 154 valence electrons. The summed E-state index contributed by atoms with van der Waals surface area (Å²) in [6.07, 6.45) is 0.953. The van der Waals surface area contributed by atoms with Gasteiger partial charge in [0.15, 0.2) is 0 Å². The van der Waals surface area contributed by atoms with E-state index in [1.54, 1.807) is 4.90 Å². The molecule has 2 aliphatic rings. The van der Waals surface area contributed by atoms with Crippen LogP contribution in [0.1, 0.15) is 18.1 Å². The Labute approximate surface area is 172 Å². The van der Waals surface area contributed by atoms with Crippen molar-refractivity contribution in [2.45, 2.75) is 25.1 Å². The highest BCUT2D eigenvalue weighted by Crippen LogP contribution is 2.31. The first-order valence-electron chi connectivity index (χ1n) is 10.1. The molecule has 0 aliphatic carbocycles. The summed E-state index contributed by atoms with van der Waals surface area (Å²) >= 11 is 0. The molecule has 2 aromatic rings. The fourth-order valence-corrected chi connectivity index (χ4v) is 5.72. The van der Waals surface area contributed by atoms with Crippen LogP contribution in [0.25, 0.3) is 0 Å². The van der Waals surface area contributed by atoms with E-state index in [0.29, 0.717) is 38.8 Å². The van der Waals surface area contributed by atoms with E-state index in [4.69, 9.17) is 0 Å². The van der Waals surface area contributed by atoms with Crippen LogP contribution in [0.15, 0.2) is 54.6 Å². The Bertz CT molecular complexity index is 970. The number of fused-ring (bicyclic) bond motifs is 1. The van der Waals surface area contributed by atoms with Crippen LogP contribution in [0, 0.1) is 0 Å². The zero-order valence-electron chi connectivity index (χ0n) is 16.7. The number of benzene rings is 2. The summed E-state index contributed by atoms with van der Waals surface area (Å²) in [5, 5.41) is 0. The molecule has 0 aromatic heterocycles. The number of rotatable bonds is 5. The lowest BCUT2D eigenvalue weighted by Gasteiger charge is -2.35. The van der Waals surface area contributed by atoms with Gasteiger partial charge in [0.25, 0.3) is 0 Å². The number of carbonyl (C=O) groups is 1. The third-order valence-corrected chi connectivity index (χ3v) is 7.68. The molecule has 1 atom stereocenters. The zero-order chi connectivity index (χ0) is 20.4.